The fraction of sp³-hybridized carbons (Fsp3) is 0.368. The number of hydrogen-bond acceptors (Lipinski definition) is 1. The molecule has 0 heterocycles. The second kappa shape index (κ2) is 5.47. The average molecular weight is 300 g/mol. The predicted molar refractivity (Wildman–Crippen MR) is 89.7 cm³/mol. The van der Waals surface area contributed by atoms with Crippen LogP contribution in [0.1, 0.15) is 49.5 Å². The molecule has 110 valence electrons. The van der Waals surface area contributed by atoms with Crippen molar-refractivity contribution in [3.05, 3.63) is 70.2 Å². The van der Waals surface area contributed by atoms with E-state index in [1.54, 1.807) is 0 Å². The molecule has 1 aliphatic rings. The van der Waals surface area contributed by atoms with Crippen LogP contribution in [0.15, 0.2) is 48.5 Å². The van der Waals surface area contributed by atoms with Crippen LogP contribution in [0.2, 0.25) is 5.02 Å². The Hall–Kier alpha value is -1.31. The Balaban J connectivity index is 1.87. The highest BCUT2D eigenvalue weighted by atomic mass is 35.5. The molecule has 0 radical (unpaired) electrons. The molecule has 0 aromatic heterocycles. The van der Waals surface area contributed by atoms with Gasteiger partial charge in [0.2, 0.25) is 0 Å². The minimum absolute atomic E-state index is 0.233. The quantitative estimate of drug-likeness (QED) is 0.809. The van der Waals surface area contributed by atoms with Crippen LogP contribution in [0.25, 0.3) is 0 Å². The summed E-state index contributed by atoms with van der Waals surface area (Å²) in [7, 11) is 0. The molecule has 2 aromatic rings. The van der Waals surface area contributed by atoms with Gasteiger partial charge in [0.05, 0.1) is 0 Å². The fourth-order valence-corrected chi connectivity index (χ4v) is 3.63. The lowest BCUT2D eigenvalue weighted by Gasteiger charge is -2.31. The molecule has 0 bridgehead atoms. The van der Waals surface area contributed by atoms with Crippen LogP contribution in [0.3, 0.4) is 0 Å². The smallest absolute Gasteiger partial charge is 0.0409 e. The molecule has 1 nitrogen and oxygen atoms in total. The van der Waals surface area contributed by atoms with Gasteiger partial charge < -0.3 is 5.32 Å². The number of nitrogens with one attached hydrogen (secondary N) is 1. The van der Waals surface area contributed by atoms with Crippen LogP contribution in [0.4, 0.5) is 0 Å². The van der Waals surface area contributed by atoms with Crippen molar-refractivity contribution in [2.45, 2.75) is 39.3 Å². The summed E-state index contributed by atoms with van der Waals surface area (Å²) in [5.41, 5.74) is 4.38. The van der Waals surface area contributed by atoms with Gasteiger partial charge in [-0.25, -0.2) is 0 Å². The molecule has 0 spiro atoms. The molecule has 2 heteroatoms. The largest absolute Gasteiger partial charge is 0.303 e. The number of hydrogen-bond donors (Lipinski definition) is 1. The maximum absolute atomic E-state index is 6.11. The third-order valence-electron chi connectivity index (χ3n) is 4.56. The zero-order valence-electron chi connectivity index (χ0n) is 12.9. The molecule has 0 saturated carbocycles. The van der Waals surface area contributed by atoms with E-state index in [9.17, 15) is 0 Å². The van der Waals surface area contributed by atoms with Crippen molar-refractivity contribution in [3.63, 3.8) is 0 Å². The van der Waals surface area contributed by atoms with Gasteiger partial charge in [0.15, 0.2) is 0 Å². The predicted octanol–water partition coefficient (Wildman–Crippen LogP) is 5.31. The van der Waals surface area contributed by atoms with Gasteiger partial charge in [0.25, 0.3) is 0 Å². The van der Waals surface area contributed by atoms with Gasteiger partial charge in [-0.1, -0.05) is 61.8 Å². The summed E-state index contributed by atoms with van der Waals surface area (Å²) < 4.78 is 0. The first-order valence-electron chi connectivity index (χ1n) is 7.57. The molecular formula is C19H22ClN. The zero-order valence-corrected chi connectivity index (χ0v) is 13.6. The van der Waals surface area contributed by atoms with Crippen LogP contribution in [0, 0.1) is 5.41 Å². The lowest BCUT2D eigenvalue weighted by Crippen LogP contribution is -2.33. The van der Waals surface area contributed by atoms with Gasteiger partial charge in [-0.15, -0.1) is 0 Å². The highest BCUT2D eigenvalue weighted by Crippen LogP contribution is 2.46. The van der Waals surface area contributed by atoms with Gasteiger partial charge in [-0.2, -0.15) is 0 Å². The molecule has 0 amide bonds. The van der Waals surface area contributed by atoms with Crippen LogP contribution < -0.4 is 5.32 Å². The van der Waals surface area contributed by atoms with Gasteiger partial charge in [-0.3, -0.25) is 0 Å². The summed E-state index contributed by atoms with van der Waals surface area (Å²) in [4.78, 5) is 0. The molecule has 2 atom stereocenters. The minimum Gasteiger partial charge on any atom is -0.303 e. The summed E-state index contributed by atoms with van der Waals surface area (Å²) in [6.45, 7) is 6.90. The molecule has 1 unspecified atom stereocenters. The maximum Gasteiger partial charge on any atom is 0.0409 e. The van der Waals surface area contributed by atoms with E-state index >= 15 is 0 Å². The first-order valence-corrected chi connectivity index (χ1v) is 7.94. The van der Waals surface area contributed by atoms with Gasteiger partial charge in [-0.05, 0) is 47.6 Å². The molecule has 1 N–H and O–H groups in total. The average Bonchev–Trinajstić information content (AvgIpc) is 2.69. The molecule has 21 heavy (non-hydrogen) atoms. The van der Waals surface area contributed by atoms with Crippen LogP contribution in [-0.2, 0) is 6.42 Å². The highest BCUT2D eigenvalue weighted by Gasteiger charge is 2.39. The topological polar surface area (TPSA) is 12.0 Å². The van der Waals surface area contributed by atoms with E-state index in [-0.39, 0.29) is 11.5 Å². The van der Waals surface area contributed by atoms with Gasteiger partial charge >= 0.3 is 0 Å². The second-order valence-electron chi connectivity index (χ2n) is 6.74. The molecule has 0 fully saturated rings. The third-order valence-corrected chi connectivity index (χ3v) is 4.79. The summed E-state index contributed by atoms with van der Waals surface area (Å²) >= 11 is 6.11. The van der Waals surface area contributed by atoms with Gasteiger partial charge in [0, 0.05) is 17.1 Å². The Labute approximate surface area is 132 Å². The number of fused-ring (bicyclic) bond motifs is 1. The monoisotopic (exact) mass is 299 g/mol. The molecule has 0 aliphatic heterocycles. The van der Waals surface area contributed by atoms with E-state index in [0.717, 1.165) is 11.4 Å². The Morgan fingerprint density at radius 2 is 1.90 bits per heavy atom. The van der Waals surface area contributed by atoms with Crippen LogP contribution in [0.5, 0.6) is 0 Å². The third kappa shape index (κ3) is 2.86. The van der Waals surface area contributed by atoms with E-state index in [1.807, 2.05) is 18.2 Å². The normalized spacial score (nSPS) is 21.0. The first-order chi connectivity index (χ1) is 9.97. The van der Waals surface area contributed by atoms with E-state index in [2.05, 4.69) is 56.4 Å². The van der Waals surface area contributed by atoms with E-state index < -0.39 is 0 Å². The van der Waals surface area contributed by atoms with Crippen molar-refractivity contribution in [1.82, 2.24) is 5.32 Å². The molecule has 0 saturated heterocycles. The fourth-order valence-electron chi connectivity index (χ4n) is 3.43. The number of halogens is 1. The van der Waals surface area contributed by atoms with E-state index in [1.165, 1.54) is 16.7 Å². The second-order valence-corrected chi connectivity index (χ2v) is 7.18. The zero-order chi connectivity index (χ0) is 15.0. The lowest BCUT2D eigenvalue weighted by atomic mass is 9.84. The van der Waals surface area contributed by atoms with Crippen molar-refractivity contribution in [2.75, 3.05) is 0 Å². The Kier molecular flexibility index (Phi) is 3.81. The summed E-state index contributed by atoms with van der Waals surface area (Å²) in [6.07, 6.45) is 1.13. The van der Waals surface area contributed by atoms with Crippen molar-refractivity contribution in [3.8, 4) is 0 Å². The summed E-state index contributed by atoms with van der Waals surface area (Å²) in [6, 6.07) is 17.6. The Morgan fingerprint density at radius 1 is 1.14 bits per heavy atom. The van der Waals surface area contributed by atoms with Crippen LogP contribution in [-0.4, -0.2) is 0 Å². The Bertz CT molecular complexity index is 648. The molecule has 1 aliphatic carbocycles. The highest BCUT2D eigenvalue weighted by molar-refractivity contribution is 6.30. The van der Waals surface area contributed by atoms with Crippen molar-refractivity contribution in [1.29, 1.82) is 0 Å². The SMILES string of the molecule is C[C@H](NC1c2ccccc2CC1(C)C)c1cccc(Cl)c1. The minimum atomic E-state index is 0.233. The van der Waals surface area contributed by atoms with E-state index in [4.69, 9.17) is 11.6 Å². The maximum atomic E-state index is 6.11. The lowest BCUT2D eigenvalue weighted by molar-refractivity contribution is 0.252. The Morgan fingerprint density at radius 3 is 2.67 bits per heavy atom. The van der Waals surface area contributed by atoms with Crippen molar-refractivity contribution < 1.29 is 0 Å². The number of benzene rings is 2. The van der Waals surface area contributed by atoms with Crippen molar-refractivity contribution in [2.24, 2.45) is 5.41 Å². The van der Waals surface area contributed by atoms with Gasteiger partial charge in [0.1, 0.15) is 0 Å². The molecule has 3 rings (SSSR count). The number of rotatable bonds is 3. The summed E-state index contributed by atoms with van der Waals surface area (Å²) in [5.74, 6) is 0. The molecule has 2 aromatic carbocycles. The van der Waals surface area contributed by atoms with Crippen LogP contribution >= 0.6 is 11.6 Å². The summed E-state index contributed by atoms with van der Waals surface area (Å²) in [5, 5.41) is 4.61. The van der Waals surface area contributed by atoms with Crippen molar-refractivity contribution >= 4 is 11.6 Å². The van der Waals surface area contributed by atoms with E-state index in [0.29, 0.717) is 6.04 Å². The first kappa shape index (κ1) is 14.6. The molecular weight excluding hydrogens is 278 g/mol. The standard InChI is InChI=1S/C19H22ClN/c1-13(14-8-6-9-16(20)11-14)21-18-17-10-5-4-7-15(17)12-19(18,2)3/h4-11,13,18,21H,12H2,1-3H3/t13-,18?/m0/s1.